The van der Waals surface area contributed by atoms with Crippen molar-refractivity contribution in [2.75, 3.05) is 6.61 Å². The predicted molar refractivity (Wildman–Crippen MR) is 31.9 cm³/mol. The molecule has 0 spiro atoms. The molecule has 0 aromatic heterocycles. The first-order valence-corrected chi connectivity index (χ1v) is 2.33. The van der Waals surface area contributed by atoms with Crippen LogP contribution in [0.25, 0.3) is 0 Å². The van der Waals surface area contributed by atoms with Gasteiger partial charge in [-0.05, 0) is 19.0 Å². The summed E-state index contributed by atoms with van der Waals surface area (Å²) in [6.45, 7) is 0.246. The van der Waals surface area contributed by atoms with Crippen molar-refractivity contribution in [3.05, 3.63) is 12.1 Å². The van der Waals surface area contributed by atoms with Crippen molar-refractivity contribution in [3.8, 4) is 0 Å². The maximum atomic E-state index is 10.5. The fraction of sp³-hybridized carbons (Fsp3) is 0.333. The van der Waals surface area contributed by atoms with Crippen molar-refractivity contribution < 1.29 is 17.4 Å². The largest absolute Gasteiger partial charge is 0.388 e. The summed E-state index contributed by atoms with van der Waals surface area (Å²) in [5.41, 5.74) is 0. The number of rotatable bonds is 3. The fourth-order valence-corrected chi connectivity index (χ4v) is 0.197. The second kappa shape index (κ2) is 3.97. The van der Waals surface area contributed by atoms with Gasteiger partial charge in [-0.3, -0.25) is 9.59 Å². The van der Waals surface area contributed by atoms with Gasteiger partial charge < -0.3 is 5.11 Å². The van der Waals surface area contributed by atoms with Gasteiger partial charge in [0.15, 0.2) is 11.6 Å². The first-order chi connectivity index (χ1) is 5.00. The van der Waals surface area contributed by atoms with E-state index in [0.717, 1.165) is 6.92 Å². The Kier molecular flexibility index (Phi) is 2.15. The molecule has 0 bridgehead atoms. The molecule has 0 aromatic rings. The van der Waals surface area contributed by atoms with E-state index in [9.17, 15) is 9.59 Å². The second-order valence-corrected chi connectivity index (χ2v) is 1.39. The summed E-state index contributed by atoms with van der Waals surface area (Å²) in [5, 5.41) is 8.24. The van der Waals surface area contributed by atoms with Crippen LogP contribution in [0.1, 0.15) is 9.67 Å². The van der Waals surface area contributed by atoms with E-state index in [1.165, 1.54) is 0 Å². The van der Waals surface area contributed by atoms with Gasteiger partial charge in [0.2, 0.25) is 0 Å². The molecule has 9 heavy (non-hydrogen) atoms. The molecule has 50 valence electrons. The van der Waals surface area contributed by atoms with Crippen molar-refractivity contribution in [1.82, 2.24) is 0 Å². The average molecular weight is 130 g/mol. The van der Waals surface area contributed by atoms with Gasteiger partial charge in [0.05, 0.1) is 2.74 Å². The van der Waals surface area contributed by atoms with Crippen LogP contribution in [-0.2, 0) is 9.59 Å². The third-order valence-corrected chi connectivity index (χ3v) is 0.522. The molecule has 0 amide bonds. The summed E-state index contributed by atoms with van der Waals surface area (Å²) in [5.74, 6) is -1.57. The highest BCUT2D eigenvalue weighted by molar-refractivity contribution is 5.98. The number of carbonyl (C=O) groups is 2. The van der Waals surface area contributed by atoms with E-state index >= 15 is 0 Å². The summed E-state index contributed by atoms with van der Waals surface area (Å²) in [6.07, 6.45) is 0. The van der Waals surface area contributed by atoms with Crippen LogP contribution >= 0.6 is 0 Å². The van der Waals surface area contributed by atoms with Crippen LogP contribution in [0.2, 0.25) is 0 Å². The quantitative estimate of drug-likeness (QED) is 0.533. The molecule has 1 N–H and O–H groups in total. The molecule has 0 unspecified atom stereocenters. The number of aliphatic hydroxyl groups is 1. The zero-order chi connectivity index (χ0) is 9.02. The Balaban J connectivity index is 4.66. The van der Waals surface area contributed by atoms with Gasteiger partial charge in [0.1, 0.15) is 6.61 Å². The van der Waals surface area contributed by atoms with Crippen LogP contribution in [0.15, 0.2) is 12.1 Å². The first-order valence-electron chi connectivity index (χ1n) is 3.33. The smallest absolute Gasteiger partial charge is 0.181 e. The molecule has 3 nitrogen and oxygen atoms in total. The Hall–Kier alpha value is -0.960. The van der Waals surface area contributed by atoms with E-state index in [0.29, 0.717) is 0 Å². The molecule has 0 heterocycles. The highest BCUT2D eigenvalue weighted by Gasteiger charge is 1.90. The third kappa shape index (κ3) is 4.90. The van der Waals surface area contributed by atoms with Crippen molar-refractivity contribution in [1.29, 1.82) is 0 Å². The highest BCUT2D eigenvalue weighted by atomic mass is 16.3. The standard InChI is InChI=1S/C6H8O3/c1-5(8)2-3-6(9)4-7/h2-3,7H,4H2,1H3/b3-2+/i2D,3D. The van der Waals surface area contributed by atoms with E-state index in [4.69, 9.17) is 7.85 Å². The maximum Gasteiger partial charge on any atom is 0.181 e. The minimum absolute atomic E-state index is 0.656. The van der Waals surface area contributed by atoms with Gasteiger partial charge in [0, 0.05) is 0 Å². The lowest BCUT2D eigenvalue weighted by Gasteiger charge is -1.80. The zero-order valence-corrected chi connectivity index (χ0v) is 4.97. The molecule has 0 aromatic carbocycles. The lowest BCUT2D eigenvalue weighted by molar-refractivity contribution is -0.118. The highest BCUT2D eigenvalue weighted by Crippen LogP contribution is 1.76. The Bertz CT molecular complexity index is 220. The molecule has 0 aliphatic carbocycles. The Labute approximate surface area is 55.8 Å². The summed E-state index contributed by atoms with van der Waals surface area (Å²) in [7, 11) is 0. The predicted octanol–water partition coefficient (Wildman–Crippen LogP) is -0.307. The van der Waals surface area contributed by atoms with Crippen LogP contribution in [0.3, 0.4) is 0 Å². The molecule has 0 fully saturated rings. The van der Waals surface area contributed by atoms with Crippen LogP contribution in [0.4, 0.5) is 0 Å². The minimum atomic E-state index is -0.912. The molecular weight excluding hydrogens is 120 g/mol. The Morgan fingerprint density at radius 3 is 2.56 bits per heavy atom. The molecular formula is C6H8O3. The van der Waals surface area contributed by atoms with Crippen LogP contribution < -0.4 is 0 Å². The molecule has 0 radical (unpaired) electrons. The Morgan fingerprint density at radius 2 is 2.22 bits per heavy atom. The lowest BCUT2D eigenvalue weighted by atomic mass is 10.3. The number of hydrogen-bond acceptors (Lipinski definition) is 3. The summed E-state index contributed by atoms with van der Waals surface area (Å²) in [6, 6.07) is -1.40. The van der Waals surface area contributed by atoms with Gasteiger partial charge in [-0.1, -0.05) is 0 Å². The maximum absolute atomic E-state index is 10.5. The normalized spacial score (nSPS) is 15.3. The van der Waals surface area contributed by atoms with Gasteiger partial charge in [-0.15, -0.1) is 0 Å². The van der Waals surface area contributed by atoms with Crippen LogP contribution in [0, 0.1) is 0 Å². The van der Waals surface area contributed by atoms with Gasteiger partial charge in [0.25, 0.3) is 0 Å². The monoisotopic (exact) mass is 130 g/mol. The second-order valence-electron chi connectivity index (χ2n) is 1.39. The average Bonchev–Trinajstić information content (AvgIpc) is 2.00. The lowest BCUT2D eigenvalue weighted by Crippen LogP contribution is -1.98. The molecule has 3 heteroatoms. The molecule has 0 atom stereocenters. The SMILES string of the molecule is [2H]/C(C(C)=O)=C(/[2H])C(=O)CO. The number of hydrogen-bond donors (Lipinski definition) is 1. The number of allylic oxidation sites excluding steroid dienone is 1. The van der Waals surface area contributed by atoms with Crippen LogP contribution in [0.5, 0.6) is 0 Å². The van der Waals surface area contributed by atoms with E-state index < -0.39 is 30.3 Å². The summed E-state index contributed by atoms with van der Waals surface area (Å²) >= 11 is 0. The Morgan fingerprint density at radius 1 is 1.67 bits per heavy atom. The fourth-order valence-electron chi connectivity index (χ4n) is 0.197. The number of aliphatic hydroxyl groups excluding tert-OH is 1. The third-order valence-electron chi connectivity index (χ3n) is 0.522. The van der Waals surface area contributed by atoms with E-state index in [1.807, 2.05) is 0 Å². The topological polar surface area (TPSA) is 54.4 Å². The van der Waals surface area contributed by atoms with E-state index in [1.54, 1.807) is 0 Å². The van der Waals surface area contributed by atoms with Gasteiger partial charge in [-0.25, -0.2) is 0 Å². The number of carbonyl (C=O) groups excluding carboxylic acids is 2. The first kappa shape index (κ1) is 4.88. The van der Waals surface area contributed by atoms with Gasteiger partial charge in [-0.2, -0.15) is 0 Å². The van der Waals surface area contributed by atoms with Crippen LogP contribution in [-0.4, -0.2) is 23.3 Å². The van der Waals surface area contributed by atoms with Gasteiger partial charge >= 0.3 is 0 Å². The van der Waals surface area contributed by atoms with Crippen molar-refractivity contribution in [3.63, 3.8) is 0 Å². The van der Waals surface area contributed by atoms with Crippen molar-refractivity contribution in [2.24, 2.45) is 0 Å². The zero-order valence-electron chi connectivity index (χ0n) is 6.97. The molecule has 0 saturated carbocycles. The van der Waals surface area contributed by atoms with E-state index in [-0.39, 0.29) is 0 Å². The summed E-state index contributed by atoms with van der Waals surface area (Å²) in [4.78, 5) is 20.9. The van der Waals surface area contributed by atoms with Crippen molar-refractivity contribution >= 4 is 11.6 Å². The van der Waals surface area contributed by atoms with E-state index in [2.05, 4.69) is 0 Å². The molecule has 0 aliphatic rings. The molecule has 0 rings (SSSR count). The minimum Gasteiger partial charge on any atom is -0.388 e. The number of ketones is 2. The summed E-state index contributed by atoms with van der Waals surface area (Å²) < 4.78 is 13.8. The molecule has 0 aliphatic heterocycles. The van der Waals surface area contributed by atoms with Crippen molar-refractivity contribution in [2.45, 2.75) is 6.92 Å². The molecule has 0 saturated heterocycles.